The van der Waals surface area contributed by atoms with Gasteiger partial charge in [0, 0.05) is 11.6 Å². The predicted molar refractivity (Wildman–Crippen MR) is 74.1 cm³/mol. The van der Waals surface area contributed by atoms with Gasteiger partial charge in [0.2, 0.25) is 0 Å². The predicted octanol–water partition coefficient (Wildman–Crippen LogP) is 3.60. The fraction of sp³-hybridized carbons (Fsp3) is 0. The van der Waals surface area contributed by atoms with Crippen LogP contribution in [-0.4, -0.2) is 16.1 Å². The highest BCUT2D eigenvalue weighted by atomic mass is 16.4. The van der Waals surface area contributed by atoms with Gasteiger partial charge in [-0.25, -0.2) is 4.79 Å². The first kappa shape index (κ1) is 11.4. The minimum atomic E-state index is -0.926. The van der Waals surface area contributed by atoms with Crippen molar-refractivity contribution in [3.05, 3.63) is 66.4 Å². The standard InChI is InChI=1S/C16H11NO2/c18-16(19)12-6-7-15-14(10-12)13(8-9-17-15)11-4-2-1-3-5-11/h1-10H,(H,18,19). The number of carbonyl (C=O) groups is 1. The number of hydrogen-bond acceptors (Lipinski definition) is 2. The maximum atomic E-state index is 11.1. The second-order valence-electron chi connectivity index (χ2n) is 4.26. The normalized spacial score (nSPS) is 10.5. The minimum Gasteiger partial charge on any atom is -0.478 e. The molecule has 0 fully saturated rings. The van der Waals surface area contributed by atoms with Gasteiger partial charge >= 0.3 is 5.97 Å². The average Bonchev–Trinajstić information content (AvgIpc) is 2.47. The van der Waals surface area contributed by atoms with Crippen LogP contribution in [0.4, 0.5) is 0 Å². The fourth-order valence-electron chi connectivity index (χ4n) is 2.15. The molecule has 0 aliphatic carbocycles. The molecule has 92 valence electrons. The van der Waals surface area contributed by atoms with E-state index in [-0.39, 0.29) is 5.56 Å². The molecule has 1 heterocycles. The van der Waals surface area contributed by atoms with Gasteiger partial charge in [-0.3, -0.25) is 4.98 Å². The molecule has 0 amide bonds. The van der Waals surface area contributed by atoms with Crippen molar-refractivity contribution in [3.63, 3.8) is 0 Å². The van der Waals surface area contributed by atoms with Gasteiger partial charge in [-0.1, -0.05) is 30.3 Å². The van der Waals surface area contributed by atoms with Gasteiger partial charge in [0.1, 0.15) is 0 Å². The Morgan fingerprint density at radius 3 is 2.53 bits per heavy atom. The number of fused-ring (bicyclic) bond motifs is 1. The van der Waals surface area contributed by atoms with E-state index in [4.69, 9.17) is 5.11 Å². The van der Waals surface area contributed by atoms with Crippen LogP contribution >= 0.6 is 0 Å². The van der Waals surface area contributed by atoms with Gasteiger partial charge in [-0.05, 0) is 35.4 Å². The van der Waals surface area contributed by atoms with Crippen LogP contribution in [0.3, 0.4) is 0 Å². The molecule has 0 saturated heterocycles. The Morgan fingerprint density at radius 1 is 1.00 bits per heavy atom. The van der Waals surface area contributed by atoms with Crippen LogP contribution in [0.1, 0.15) is 10.4 Å². The lowest BCUT2D eigenvalue weighted by atomic mass is 10.00. The topological polar surface area (TPSA) is 50.2 Å². The van der Waals surface area contributed by atoms with Gasteiger partial charge in [-0.15, -0.1) is 0 Å². The third-order valence-corrected chi connectivity index (χ3v) is 3.07. The van der Waals surface area contributed by atoms with Gasteiger partial charge in [-0.2, -0.15) is 0 Å². The van der Waals surface area contributed by atoms with Crippen molar-refractivity contribution >= 4 is 16.9 Å². The molecule has 3 heteroatoms. The highest BCUT2D eigenvalue weighted by molar-refractivity contribution is 5.99. The lowest BCUT2D eigenvalue weighted by Crippen LogP contribution is -1.96. The third kappa shape index (κ3) is 2.06. The van der Waals surface area contributed by atoms with E-state index in [9.17, 15) is 4.79 Å². The Labute approximate surface area is 110 Å². The SMILES string of the molecule is O=C(O)c1ccc2nccc(-c3ccccc3)c2c1. The van der Waals surface area contributed by atoms with E-state index in [0.29, 0.717) is 0 Å². The summed E-state index contributed by atoms with van der Waals surface area (Å²) in [6, 6.07) is 16.8. The number of aromatic carboxylic acids is 1. The van der Waals surface area contributed by atoms with Gasteiger partial charge in [0.15, 0.2) is 0 Å². The van der Waals surface area contributed by atoms with E-state index >= 15 is 0 Å². The molecule has 0 radical (unpaired) electrons. The minimum absolute atomic E-state index is 0.276. The molecule has 19 heavy (non-hydrogen) atoms. The van der Waals surface area contributed by atoms with E-state index in [1.807, 2.05) is 36.4 Å². The summed E-state index contributed by atoms with van der Waals surface area (Å²) in [5.74, 6) is -0.926. The Bertz CT molecular complexity index is 751. The van der Waals surface area contributed by atoms with Crippen LogP contribution in [-0.2, 0) is 0 Å². The number of nitrogens with zero attached hydrogens (tertiary/aromatic N) is 1. The fourth-order valence-corrected chi connectivity index (χ4v) is 2.15. The largest absolute Gasteiger partial charge is 0.478 e. The molecule has 1 aromatic heterocycles. The summed E-state index contributed by atoms with van der Waals surface area (Å²) in [5.41, 5.74) is 3.12. The Morgan fingerprint density at radius 2 is 1.79 bits per heavy atom. The quantitative estimate of drug-likeness (QED) is 0.754. The highest BCUT2D eigenvalue weighted by Gasteiger charge is 2.08. The van der Waals surface area contributed by atoms with E-state index in [2.05, 4.69) is 4.98 Å². The average molecular weight is 249 g/mol. The molecular formula is C16H11NO2. The number of hydrogen-bond donors (Lipinski definition) is 1. The van der Waals surface area contributed by atoms with E-state index in [1.165, 1.54) is 0 Å². The molecule has 1 N–H and O–H groups in total. The lowest BCUT2D eigenvalue weighted by molar-refractivity contribution is 0.0697. The third-order valence-electron chi connectivity index (χ3n) is 3.07. The number of rotatable bonds is 2. The summed E-state index contributed by atoms with van der Waals surface area (Å²) in [6.07, 6.45) is 1.74. The van der Waals surface area contributed by atoms with Crippen molar-refractivity contribution < 1.29 is 9.90 Å². The first-order chi connectivity index (χ1) is 9.25. The van der Waals surface area contributed by atoms with Crippen LogP contribution < -0.4 is 0 Å². The summed E-state index contributed by atoms with van der Waals surface area (Å²) in [6.45, 7) is 0. The van der Waals surface area contributed by atoms with Crippen LogP contribution in [0, 0.1) is 0 Å². The summed E-state index contributed by atoms with van der Waals surface area (Å²) in [7, 11) is 0. The maximum absolute atomic E-state index is 11.1. The number of pyridine rings is 1. The molecular weight excluding hydrogens is 238 g/mol. The number of benzene rings is 2. The summed E-state index contributed by atoms with van der Waals surface area (Å²) < 4.78 is 0. The zero-order valence-electron chi connectivity index (χ0n) is 10.1. The first-order valence-corrected chi connectivity index (χ1v) is 5.93. The maximum Gasteiger partial charge on any atom is 0.335 e. The molecule has 0 aliphatic heterocycles. The summed E-state index contributed by atoms with van der Waals surface area (Å²) in [4.78, 5) is 15.3. The van der Waals surface area contributed by atoms with Crippen molar-refractivity contribution in [1.82, 2.24) is 4.98 Å². The van der Waals surface area contributed by atoms with Gasteiger partial charge < -0.3 is 5.11 Å². The first-order valence-electron chi connectivity index (χ1n) is 5.93. The smallest absolute Gasteiger partial charge is 0.335 e. The number of aromatic nitrogens is 1. The van der Waals surface area contributed by atoms with E-state index in [1.54, 1.807) is 24.4 Å². The van der Waals surface area contributed by atoms with Crippen LogP contribution in [0.5, 0.6) is 0 Å². The van der Waals surface area contributed by atoms with Crippen LogP contribution in [0.2, 0.25) is 0 Å². The van der Waals surface area contributed by atoms with Crippen molar-refractivity contribution in [1.29, 1.82) is 0 Å². The second-order valence-corrected chi connectivity index (χ2v) is 4.26. The van der Waals surface area contributed by atoms with Gasteiger partial charge in [0.25, 0.3) is 0 Å². The van der Waals surface area contributed by atoms with E-state index in [0.717, 1.165) is 22.0 Å². The Balaban J connectivity index is 2.30. The van der Waals surface area contributed by atoms with Crippen molar-refractivity contribution in [3.8, 4) is 11.1 Å². The summed E-state index contributed by atoms with van der Waals surface area (Å²) in [5, 5.41) is 9.94. The zero-order valence-corrected chi connectivity index (χ0v) is 10.1. The molecule has 0 bridgehead atoms. The van der Waals surface area contributed by atoms with Crippen molar-refractivity contribution in [2.24, 2.45) is 0 Å². The molecule has 0 saturated carbocycles. The zero-order chi connectivity index (χ0) is 13.2. The van der Waals surface area contributed by atoms with Crippen LogP contribution in [0.15, 0.2) is 60.8 Å². The molecule has 0 unspecified atom stereocenters. The molecule has 0 spiro atoms. The summed E-state index contributed by atoms with van der Waals surface area (Å²) >= 11 is 0. The Kier molecular flexibility index (Phi) is 2.72. The number of carboxylic acid groups (broad SMARTS) is 1. The second kappa shape index (κ2) is 4.53. The van der Waals surface area contributed by atoms with E-state index < -0.39 is 5.97 Å². The molecule has 0 aliphatic rings. The highest BCUT2D eigenvalue weighted by Crippen LogP contribution is 2.27. The monoisotopic (exact) mass is 249 g/mol. The Hall–Kier alpha value is -2.68. The van der Waals surface area contributed by atoms with Gasteiger partial charge in [0.05, 0.1) is 11.1 Å². The molecule has 0 atom stereocenters. The van der Waals surface area contributed by atoms with Crippen LogP contribution in [0.25, 0.3) is 22.0 Å². The molecule has 3 aromatic rings. The number of carboxylic acids is 1. The van der Waals surface area contributed by atoms with Crippen molar-refractivity contribution in [2.75, 3.05) is 0 Å². The molecule has 3 rings (SSSR count). The molecule has 2 aromatic carbocycles. The van der Waals surface area contributed by atoms with Crippen molar-refractivity contribution in [2.45, 2.75) is 0 Å². The molecule has 3 nitrogen and oxygen atoms in total. The lowest BCUT2D eigenvalue weighted by Gasteiger charge is -2.07.